The third kappa shape index (κ3) is 3.30. The van der Waals surface area contributed by atoms with Gasteiger partial charge in [0.2, 0.25) is 0 Å². The van der Waals surface area contributed by atoms with E-state index in [1.165, 1.54) is 0 Å². The van der Waals surface area contributed by atoms with Crippen molar-refractivity contribution < 1.29 is 9.53 Å². The lowest BCUT2D eigenvalue weighted by Crippen LogP contribution is -1.99. The van der Waals surface area contributed by atoms with Gasteiger partial charge in [-0.15, -0.1) is 12.3 Å². The largest absolute Gasteiger partial charge is 0.493 e. The molecule has 0 atom stereocenters. The molecule has 0 spiro atoms. The fourth-order valence-electron chi connectivity index (χ4n) is 1.11. The number of hydrogen-bond acceptors (Lipinski definition) is 2. The van der Waals surface area contributed by atoms with Crippen LogP contribution in [0.2, 0.25) is 5.02 Å². The van der Waals surface area contributed by atoms with Gasteiger partial charge in [0.1, 0.15) is 5.75 Å². The van der Waals surface area contributed by atoms with E-state index in [0.717, 1.165) is 6.42 Å². The van der Waals surface area contributed by atoms with Crippen molar-refractivity contribution in [3.63, 3.8) is 0 Å². The van der Waals surface area contributed by atoms with Gasteiger partial charge < -0.3 is 4.74 Å². The maximum atomic E-state index is 10.7. The molecule has 2 nitrogen and oxygen atoms in total. The Labute approximate surface area is 94.2 Å². The van der Waals surface area contributed by atoms with Gasteiger partial charge in [-0.05, 0) is 18.6 Å². The summed E-state index contributed by atoms with van der Waals surface area (Å²) in [6.45, 7) is 0.491. The molecule has 0 aliphatic rings. The molecule has 0 saturated heterocycles. The summed E-state index contributed by atoms with van der Waals surface area (Å²) in [4.78, 5) is 10.7. The fraction of sp³-hybridized carbons (Fsp3) is 0.250. The van der Waals surface area contributed by atoms with Gasteiger partial charge in [0, 0.05) is 6.42 Å². The Morgan fingerprint density at radius 3 is 3.00 bits per heavy atom. The van der Waals surface area contributed by atoms with Crippen molar-refractivity contribution in [2.75, 3.05) is 6.61 Å². The van der Waals surface area contributed by atoms with Crippen molar-refractivity contribution in [2.45, 2.75) is 12.8 Å². The average Bonchev–Trinajstić information content (AvgIpc) is 2.24. The lowest BCUT2D eigenvalue weighted by Gasteiger charge is -2.08. The van der Waals surface area contributed by atoms with Crippen molar-refractivity contribution in [3.05, 3.63) is 28.8 Å². The van der Waals surface area contributed by atoms with E-state index in [9.17, 15) is 4.79 Å². The standard InChI is InChI=1S/C12H11ClO2/c1-2-3-4-8-15-12-7-5-6-11(13)10(12)9-14/h1,5-7,9H,3-4,8H2. The molecule has 0 unspecified atom stereocenters. The van der Waals surface area contributed by atoms with E-state index in [4.69, 9.17) is 22.8 Å². The minimum atomic E-state index is 0.389. The monoisotopic (exact) mass is 222 g/mol. The van der Waals surface area contributed by atoms with Crippen LogP contribution >= 0.6 is 11.6 Å². The minimum absolute atomic E-state index is 0.389. The zero-order valence-electron chi connectivity index (χ0n) is 8.20. The minimum Gasteiger partial charge on any atom is -0.493 e. The number of carbonyl (C=O) groups excluding carboxylic acids is 1. The SMILES string of the molecule is C#CCCCOc1cccc(Cl)c1C=O. The van der Waals surface area contributed by atoms with E-state index in [1.54, 1.807) is 18.2 Å². The molecule has 15 heavy (non-hydrogen) atoms. The lowest BCUT2D eigenvalue weighted by atomic mass is 10.2. The molecule has 0 heterocycles. The molecule has 1 rings (SSSR count). The van der Waals surface area contributed by atoms with Crippen molar-refractivity contribution in [1.82, 2.24) is 0 Å². The highest BCUT2D eigenvalue weighted by Gasteiger charge is 2.06. The smallest absolute Gasteiger partial charge is 0.155 e. The molecule has 0 aliphatic carbocycles. The number of unbranched alkanes of at least 4 members (excludes halogenated alkanes) is 1. The van der Waals surface area contributed by atoms with Gasteiger partial charge in [0.05, 0.1) is 17.2 Å². The molecule has 1 aromatic rings. The van der Waals surface area contributed by atoms with E-state index < -0.39 is 0 Å². The van der Waals surface area contributed by atoms with Gasteiger partial charge >= 0.3 is 0 Å². The Morgan fingerprint density at radius 2 is 2.33 bits per heavy atom. The van der Waals surface area contributed by atoms with E-state index >= 15 is 0 Å². The highest BCUT2D eigenvalue weighted by atomic mass is 35.5. The quantitative estimate of drug-likeness (QED) is 0.435. The summed E-state index contributed by atoms with van der Waals surface area (Å²) in [5.41, 5.74) is 0.389. The molecule has 1 aromatic carbocycles. The van der Waals surface area contributed by atoms with Gasteiger partial charge in [-0.1, -0.05) is 17.7 Å². The van der Waals surface area contributed by atoms with E-state index in [0.29, 0.717) is 35.6 Å². The first-order chi connectivity index (χ1) is 7.29. The van der Waals surface area contributed by atoms with Crippen LogP contribution in [-0.2, 0) is 0 Å². The zero-order chi connectivity index (χ0) is 11.1. The molecule has 0 saturated carbocycles. The maximum absolute atomic E-state index is 10.7. The summed E-state index contributed by atoms with van der Waals surface area (Å²) < 4.78 is 5.40. The van der Waals surface area contributed by atoms with E-state index in [1.807, 2.05) is 0 Å². The molecule has 0 N–H and O–H groups in total. The number of aldehydes is 1. The predicted octanol–water partition coefficient (Wildman–Crippen LogP) is 2.94. The van der Waals surface area contributed by atoms with Gasteiger partial charge in [-0.2, -0.15) is 0 Å². The van der Waals surface area contributed by atoms with Gasteiger partial charge in [0.25, 0.3) is 0 Å². The van der Waals surface area contributed by atoms with Gasteiger partial charge in [-0.3, -0.25) is 4.79 Å². The number of rotatable bonds is 5. The molecule has 0 aliphatic heterocycles. The molecule has 78 valence electrons. The Bertz CT molecular complexity index is 380. The van der Waals surface area contributed by atoms with Crippen LogP contribution in [-0.4, -0.2) is 12.9 Å². The molecule has 0 radical (unpaired) electrons. The second kappa shape index (κ2) is 6.10. The Kier molecular flexibility index (Phi) is 4.73. The lowest BCUT2D eigenvalue weighted by molar-refractivity contribution is 0.111. The Hall–Kier alpha value is -1.46. The van der Waals surface area contributed by atoms with Crippen LogP contribution in [0.25, 0.3) is 0 Å². The summed E-state index contributed by atoms with van der Waals surface area (Å²) in [6.07, 6.45) is 7.23. The molecule has 0 amide bonds. The average molecular weight is 223 g/mol. The molecule has 0 aromatic heterocycles. The van der Waals surface area contributed by atoms with Crippen LogP contribution in [0.3, 0.4) is 0 Å². The number of ether oxygens (including phenoxy) is 1. The summed E-state index contributed by atoms with van der Waals surface area (Å²) in [5.74, 6) is 3.03. The normalized spacial score (nSPS) is 9.33. The van der Waals surface area contributed by atoms with Crippen molar-refractivity contribution in [2.24, 2.45) is 0 Å². The number of carbonyl (C=O) groups is 1. The predicted molar refractivity (Wildman–Crippen MR) is 60.4 cm³/mol. The number of hydrogen-bond donors (Lipinski definition) is 0. The van der Waals surface area contributed by atoms with Crippen LogP contribution < -0.4 is 4.74 Å². The number of terminal acetylenes is 1. The first-order valence-corrected chi connectivity index (χ1v) is 4.97. The third-order valence-corrected chi connectivity index (χ3v) is 2.18. The molecule has 3 heteroatoms. The van der Waals surface area contributed by atoms with Crippen molar-refractivity contribution in [1.29, 1.82) is 0 Å². The second-order valence-corrected chi connectivity index (χ2v) is 3.33. The highest BCUT2D eigenvalue weighted by molar-refractivity contribution is 6.33. The zero-order valence-corrected chi connectivity index (χ0v) is 8.96. The van der Waals surface area contributed by atoms with Crippen molar-refractivity contribution in [3.8, 4) is 18.1 Å². The van der Waals surface area contributed by atoms with Crippen molar-refractivity contribution >= 4 is 17.9 Å². The summed E-state index contributed by atoms with van der Waals surface area (Å²) in [7, 11) is 0. The highest BCUT2D eigenvalue weighted by Crippen LogP contribution is 2.24. The Balaban J connectivity index is 2.65. The third-order valence-electron chi connectivity index (χ3n) is 1.85. The first kappa shape index (κ1) is 11.6. The maximum Gasteiger partial charge on any atom is 0.155 e. The Morgan fingerprint density at radius 1 is 1.53 bits per heavy atom. The molecular formula is C12H11ClO2. The molecule has 0 fully saturated rings. The van der Waals surface area contributed by atoms with Gasteiger partial charge in [0.15, 0.2) is 6.29 Å². The number of benzene rings is 1. The summed E-state index contributed by atoms with van der Waals surface area (Å²) >= 11 is 5.83. The van der Waals surface area contributed by atoms with Crippen LogP contribution in [0.1, 0.15) is 23.2 Å². The van der Waals surface area contributed by atoms with Gasteiger partial charge in [-0.25, -0.2) is 0 Å². The molecular weight excluding hydrogens is 212 g/mol. The van der Waals surface area contributed by atoms with Crippen LogP contribution in [0.4, 0.5) is 0 Å². The summed E-state index contributed by atoms with van der Waals surface area (Å²) in [5, 5.41) is 0.402. The fourth-order valence-corrected chi connectivity index (χ4v) is 1.32. The van der Waals surface area contributed by atoms with E-state index in [-0.39, 0.29) is 0 Å². The first-order valence-electron chi connectivity index (χ1n) is 4.59. The van der Waals surface area contributed by atoms with Crippen LogP contribution in [0.15, 0.2) is 18.2 Å². The second-order valence-electron chi connectivity index (χ2n) is 2.93. The van der Waals surface area contributed by atoms with Crippen LogP contribution in [0.5, 0.6) is 5.75 Å². The number of halogens is 1. The van der Waals surface area contributed by atoms with Crippen LogP contribution in [0, 0.1) is 12.3 Å². The molecule has 0 bridgehead atoms. The topological polar surface area (TPSA) is 26.3 Å². The summed E-state index contributed by atoms with van der Waals surface area (Å²) in [6, 6.07) is 5.11. The van der Waals surface area contributed by atoms with E-state index in [2.05, 4.69) is 5.92 Å².